The van der Waals surface area contributed by atoms with Crippen LogP contribution in [0, 0.1) is 11.8 Å². The number of ether oxygens (including phenoxy) is 1. The summed E-state index contributed by atoms with van der Waals surface area (Å²) in [6.07, 6.45) is 5.85. The van der Waals surface area contributed by atoms with Gasteiger partial charge in [0.1, 0.15) is 12.4 Å². The Morgan fingerprint density at radius 3 is 2.50 bits per heavy atom. The van der Waals surface area contributed by atoms with Crippen molar-refractivity contribution in [3.05, 3.63) is 12.0 Å². The quantitative estimate of drug-likeness (QED) is 0.912. The SMILES string of the molecule is CC1CC(C)CC(Oc2nc(CNC(C)(C)C)co2)C1. The second-order valence-corrected chi connectivity index (χ2v) is 7.37. The van der Waals surface area contributed by atoms with Crippen molar-refractivity contribution in [1.29, 1.82) is 0 Å². The predicted molar refractivity (Wildman–Crippen MR) is 79.7 cm³/mol. The van der Waals surface area contributed by atoms with Crippen molar-refractivity contribution < 1.29 is 9.15 Å². The molecule has 1 saturated carbocycles. The van der Waals surface area contributed by atoms with Crippen molar-refractivity contribution >= 4 is 0 Å². The van der Waals surface area contributed by atoms with E-state index in [2.05, 4.69) is 44.9 Å². The number of rotatable bonds is 4. The largest absolute Gasteiger partial charge is 0.447 e. The maximum Gasteiger partial charge on any atom is 0.394 e. The van der Waals surface area contributed by atoms with Crippen LogP contribution in [-0.2, 0) is 6.54 Å². The molecule has 0 saturated heterocycles. The molecule has 1 heterocycles. The molecule has 0 aliphatic heterocycles. The summed E-state index contributed by atoms with van der Waals surface area (Å²) in [5.41, 5.74) is 0.973. The van der Waals surface area contributed by atoms with E-state index in [9.17, 15) is 0 Å². The lowest BCUT2D eigenvalue weighted by atomic mass is 9.82. The van der Waals surface area contributed by atoms with Gasteiger partial charge in [-0.05, 0) is 51.9 Å². The standard InChI is InChI=1S/C16H28N2O2/c1-11-6-12(2)8-14(7-11)20-15-18-13(10-19-15)9-17-16(3,4)5/h10-12,14,17H,6-9H2,1-5H3. The van der Waals surface area contributed by atoms with Crippen molar-refractivity contribution in [2.75, 3.05) is 0 Å². The summed E-state index contributed by atoms with van der Waals surface area (Å²) in [6.45, 7) is 11.7. The smallest absolute Gasteiger partial charge is 0.394 e. The number of hydrogen-bond acceptors (Lipinski definition) is 4. The Morgan fingerprint density at radius 1 is 1.25 bits per heavy atom. The third kappa shape index (κ3) is 4.82. The van der Waals surface area contributed by atoms with Gasteiger partial charge in [-0.2, -0.15) is 4.98 Å². The number of nitrogens with zero attached hydrogens (tertiary/aromatic N) is 1. The number of nitrogens with one attached hydrogen (secondary N) is 1. The molecule has 2 rings (SSSR count). The average molecular weight is 280 g/mol. The van der Waals surface area contributed by atoms with Gasteiger partial charge in [-0.15, -0.1) is 0 Å². The Labute approximate surface area is 122 Å². The first-order valence-corrected chi connectivity index (χ1v) is 7.68. The Bertz CT molecular complexity index is 412. The third-order valence-corrected chi connectivity index (χ3v) is 3.73. The predicted octanol–water partition coefficient (Wildman–Crippen LogP) is 3.77. The molecule has 114 valence electrons. The Morgan fingerprint density at radius 2 is 1.90 bits per heavy atom. The van der Waals surface area contributed by atoms with Crippen LogP contribution in [0.15, 0.2) is 10.7 Å². The summed E-state index contributed by atoms with van der Waals surface area (Å²) >= 11 is 0. The number of oxazole rings is 1. The van der Waals surface area contributed by atoms with Gasteiger partial charge in [-0.25, -0.2) is 0 Å². The van der Waals surface area contributed by atoms with Gasteiger partial charge in [0.25, 0.3) is 0 Å². The van der Waals surface area contributed by atoms with E-state index in [1.807, 2.05) is 0 Å². The molecule has 0 aromatic carbocycles. The molecular weight excluding hydrogens is 252 g/mol. The number of aromatic nitrogens is 1. The molecule has 0 spiro atoms. The van der Waals surface area contributed by atoms with Gasteiger partial charge < -0.3 is 14.5 Å². The summed E-state index contributed by atoms with van der Waals surface area (Å²) in [6, 6.07) is 0. The molecule has 1 aliphatic carbocycles. The maximum absolute atomic E-state index is 5.90. The van der Waals surface area contributed by atoms with Crippen LogP contribution in [0.1, 0.15) is 59.6 Å². The zero-order chi connectivity index (χ0) is 14.8. The molecule has 0 bridgehead atoms. The highest BCUT2D eigenvalue weighted by atomic mass is 16.6. The molecule has 1 fully saturated rings. The Kier molecular flexibility index (Phi) is 4.74. The van der Waals surface area contributed by atoms with Crippen molar-refractivity contribution in [3.63, 3.8) is 0 Å². The lowest BCUT2D eigenvalue weighted by molar-refractivity contribution is 0.0724. The highest BCUT2D eigenvalue weighted by Crippen LogP contribution is 2.31. The first-order valence-electron chi connectivity index (χ1n) is 7.68. The van der Waals surface area contributed by atoms with Crippen LogP contribution in [0.3, 0.4) is 0 Å². The Balaban J connectivity index is 1.86. The topological polar surface area (TPSA) is 47.3 Å². The fourth-order valence-corrected chi connectivity index (χ4v) is 2.89. The molecular formula is C16H28N2O2. The van der Waals surface area contributed by atoms with Gasteiger partial charge in [-0.1, -0.05) is 13.8 Å². The van der Waals surface area contributed by atoms with Gasteiger partial charge >= 0.3 is 6.08 Å². The van der Waals surface area contributed by atoms with Crippen molar-refractivity contribution in [2.45, 2.75) is 72.1 Å². The molecule has 4 heteroatoms. The maximum atomic E-state index is 5.90. The van der Waals surface area contributed by atoms with Crippen molar-refractivity contribution in [1.82, 2.24) is 10.3 Å². The second kappa shape index (κ2) is 6.17. The second-order valence-electron chi connectivity index (χ2n) is 7.37. The van der Waals surface area contributed by atoms with Gasteiger partial charge in [0.15, 0.2) is 0 Å². The van der Waals surface area contributed by atoms with Crippen LogP contribution < -0.4 is 10.1 Å². The minimum absolute atomic E-state index is 0.0776. The van der Waals surface area contributed by atoms with E-state index in [0.717, 1.165) is 30.4 Å². The van der Waals surface area contributed by atoms with Crippen LogP contribution in [0.4, 0.5) is 0 Å². The van der Waals surface area contributed by atoms with Crippen LogP contribution in [0.2, 0.25) is 0 Å². The first kappa shape index (κ1) is 15.4. The molecule has 1 N–H and O–H groups in total. The fraction of sp³-hybridized carbons (Fsp3) is 0.812. The van der Waals surface area contributed by atoms with Gasteiger partial charge in [0.2, 0.25) is 0 Å². The zero-order valence-corrected chi connectivity index (χ0v) is 13.4. The molecule has 0 amide bonds. The van der Waals surface area contributed by atoms with E-state index < -0.39 is 0 Å². The summed E-state index contributed by atoms with van der Waals surface area (Å²) in [4.78, 5) is 4.41. The monoisotopic (exact) mass is 280 g/mol. The molecule has 20 heavy (non-hydrogen) atoms. The fourth-order valence-electron chi connectivity index (χ4n) is 2.89. The summed E-state index contributed by atoms with van der Waals surface area (Å²) < 4.78 is 11.3. The molecule has 1 aliphatic rings. The van der Waals surface area contributed by atoms with Crippen LogP contribution >= 0.6 is 0 Å². The van der Waals surface area contributed by atoms with Gasteiger partial charge in [0, 0.05) is 12.1 Å². The van der Waals surface area contributed by atoms with Crippen LogP contribution in [0.25, 0.3) is 0 Å². The summed E-state index contributed by atoms with van der Waals surface area (Å²) in [7, 11) is 0. The lowest BCUT2D eigenvalue weighted by Crippen LogP contribution is -2.35. The molecule has 1 aromatic rings. The van der Waals surface area contributed by atoms with Crippen molar-refractivity contribution in [2.24, 2.45) is 11.8 Å². The van der Waals surface area contributed by atoms with E-state index in [4.69, 9.17) is 9.15 Å². The lowest BCUT2D eigenvalue weighted by Gasteiger charge is -2.30. The minimum Gasteiger partial charge on any atom is -0.447 e. The molecule has 0 radical (unpaired) electrons. The molecule has 2 atom stereocenters. The van der Waals surface area contributed by atoms with Gasteiger partial charge in [0.05, 0.1) is 5.69 Å². The third-order valence-electron chi connectivity index (χ3n) is 3.73. The van der Waals surface area contributed by atoms with Crippen molar-refractivity contribution in [3.8, 4) is 6.08 Å². The average Bonchev–Trinajstić information content (AvgIpc) is 2.72. The zero-order valence-electron chi connectivity index (χ0n) is 13.4. The molecule has 1 aromatic heterocycles. The summed E-state index contributed by atoms with van der Waals surface area (Å²) in [5, 5.41) is 3.39. The van der Waals surface area contributed by atoms with Crippen LogP contribution in [0.5, 0.6) is 6.08 Å². The van der Waals surface area contributed by atoms with E-state index in [0.29, 0.717) is 12.6 Å². The summed E-state index contributed by atoms with van der Waals surface area (Å²) in [5.74, 6) is 1.45. The van der Waals surface area contributed by atoms with Crippen LogP contribution in [-0.4, -0.2) is 16.6 Å². The van der Waals surface area contributed by atoms with Gasteiger partial charge in [-0.3, -0.25) is 0 Å². The highest BCUT2D eigenvalue weighted by Gasteiger charge is 2.26. The first-order chi connectivity index (χ1) is 9.32. The minimum atomic E-state index is 0.0776. The normalized spacial score (nSPS) is 27.6. The Hall–Kier alpha value is -1.03. The van der Waals surface area contributed by atoms with E-state index >= 15 is 0 Å². The highest BCUT2D eigenvalue weighted by molar-refractivity contribution is 5.01. The van der Waals surface area contributed by atoms with E-state index in [1.165, 1.54) is 6.42 Å². The van der Waals surface area contributed by atoms with E-state index in [1.54, 1.807) is 6.26 Å². The van der Waals surface area contributed by atoms with E-state index in [-0.39, 0.29) is 11.6 Å². The molecule has 2 unspecified atom stereocenters. The number of hydrogen-bond donors (Lipinski definition) is 1. The molecule has 4 nitrogen and oxygen atoms in total.